The van der Waals surface area contributed by atoms with Crippen molar-refractivity contribution in [1.29, 1.82) is 0 Å². The van der Waals surface area contributed by atoms with Gasteiger partial charge < -0.3 is 10.3 Å². The number of aromatic amines is 1. The van der Waals surface area contributed by atoms with Gasteiger partial charge in [-0.25, -0.2) is 0 Å². The number of nitrogens with one attached hydrogen (secondary N) is 2. The van der Waals surface area contributed by atoms with Gasteiger partial charge >= 0.3 is 0 Å². The number of para-hydroxylation sites is 1. The molecule has 0 aliphatic heterocycles. The fourth-order valence-corrected chi connectivity index (χ4v) is 2.68. The van der Waals surface area contributed by atoms with Crippen LogP contribution in [0.3, 0.4) is 0 Å². The third-order valence-corrected chi connectivity index (χ3v) is 3.61. The summed E-state index contributed by atoms with van der Waals surface area (Å²) < 4.78 is 0. The molecular weight excluding hydrogens is 196 g/mol. The van der Waals surface area contributed by atoms with Crippen LogP contribution in [0.25, 0.3) is 10.9 Å². The Balaban J connectivity index is 1.75. The van der Waals surface area contributed by atoms with Crippen molar-refractivity contribution in [3.8, 4) is 0 Å². The van der Waals surface area contributed by atoms with E-state index >= 15 is 0 Å². The Morgan fingerprint density at radius 1 is 1.19 bits per heavy atom. The summed E-state index contributed by atoms with van der Waals surface area (Å²) in [4.78, 5) is 3.32. The maximum atomic E-state index is 3.66. The van der Waals surface area contributed by atoms with E-state index in [4.69, 9.17) is 0 Å². The molecule has 2 heteroatoms. The van der Waals surface area contributed by atoms with E-state index in [1.807, 2.05) is 6.20 Å². The van der Waals surface area contributed by atoms with Crippen LogP contribution in [0.2, 0.25) is 0 Å². The van der Waals surface area contributed by atoms with Gasteiger partial charge in [0.15, 0.2) is 0 Å². The number of benzene rings is 1. The predicted octanol–water partition coefficient (Wildman–Crippen LogP) is 3.20. The van der Waals surface area contributed by atoms with Gasteiger partial charge in [0, 0.05) is 24.3 Å². The molecule has 0 unspecified atom stereocenters. The number of H-pyrrole nitrogens is 1. The summed E-state index contributed by atoms with van der Waals surface area (Å²) in [5.74, 6) is 0. The summed E-state index contributed by atoms with van der Waals surface area (Å²) in [5.41, 5.74) is 2.67. The lowest BCUT2D eigenvalue weighted by Crippen LogP contribution is -2.25. The lowest BCUT2D eigenvalue weighted by atomic mass is 10.1. The van der Waals surface area contributed by atoms with E-state index in [0.29, 0.717) is 0 Å². The van der Waals surface area contributed by atoms with Crippen LogP contribution >= 0.6 is 0 Å². The second-order valence-electron chi connectivity index (χ2n) is 4.72. The van der Waals surface area contributed by atoms with Crippen molar-refractivity contribution in [2.75, 3.05) is 0 Å². The van der Waals surface area contributed by atoms with Crippen LogP contribution in [0.5, 0.6) is 0 Å². The second kappa shape index (κ2) is 4.30. The molecule has 0 atom stereocenters. The Kier molecular flexibility index (Phi) is 2.66. The first-order valence-electron chi connectivity index (χ1n) is 6.22. The first kappa shape index (κ1) is 9.91. The van der Waals surface area contributed by atoms with Crippen molar-refractivity contribution < 1.29 is 0 Å². The molecule has 2 nitrogen and oxygen atoms in total. The molecule has 1 aliphatic rings. The summed E-state index contributed by atoms with van der Waals surface area (Å²) in [7, 11) is 0. The summed E-state index contributed by atoms with van der Waals surface area (Å²) in [6.07, 6.45) is 7.50. The SMILES string of the molecule is c1cc(CNC2CCCC2)c2[nH]ccc2c1. The van der Waals surface area contributed by atoms with Crippen molar-refractivity contribution in [2.45, 2.75) is 38.3 Å². The van der Waals surface area contributed by atoms with Gasteiger partial charge in [-0.15, -0.1) is 0 Å². The first-order chi connectivity index (χ1) is 7.93. The quantitative estimate of drug-likeness (QED) is 0.806. The highest BCUT2D eigenvalue weighted by molar-refractivity contribution is 5.82. The molecule has 84 valence electrons. The molecule has 1 aromatic heterocycles. The largest absolute Gasteiger partial charge is 0.361 e. The predicted molar refractivity (Wildman–Crippen MR) is 67.4 cm³/mol. The third-order valence-electron chi connectivity index (χ3n) is 3.61. The van der Waals surface area contributed by atoms with E-state index in [1.165, 1.54) is 42.1 Å². The average molecular weight is 214 g/mol. The summed E-state index contributed by atoms with van der Waals surface area (Å²) >= 11 is 0. The summed E-state index contributed by atoms with van der Waals surface area (Å²) in [5, 5.41) is 4.97. The molecule has 1 saturated carbocycles. The number of fused-ring (bicyclic) bond motifs is 1. The third kappa shape index (κ3) is 1.85. The first-order valence-corrected chi connectivity index (χ1v) is 6.22. The van der Waals surface area contributed by atoms with Crippen LogP contribution in [0.1, 0.15) is 31.2 Å². The van der Waals surface area contributed by atoms with Crippen molar-refractivity contribution >= 4 is 10.9 Å². The highest BCUT2D eigenvalue weighted by Crippen LogP contribution is 2.20. The molecular formula is C14H18N2. The molecule has 0 bridgehead atoms. The molecule has 0 radical (unpaired) electrons. The van der Waals surface area contributed by atoms with E-state index in [0.717, 1.165) is 12.6 Å². The molecule has 0 spiro atoms. The van der Waals surface area contributed by atoms with Crippen LogP contribution in [-0.2, 0) is 6.54 Å². The number of hydrogen-bond acceptors (Lipinski definition) is 1. The topological polar surface area (TPSA) is 27.8 Å². The number of hydrogen-bond donors (Lipinski definition) is 2. The Morgan fingerprint density at radius 2 is 2.06 bits per heavy atom. The van der Waals surface area contributed by atoms with Gasteiger partial charge in [-0.05, 0) is 29.9 Å². The molecule has 1 heterocycles. The van der Waals surface area contributed by atoms with Gasteiger partial charge in [0.2, 0.25) is 0 Å². The molecule has 0 amide bonds. The molecule has 2 N–H and O–H groups in total. The van der Waals surface area contributed by atoms with E-state index < -0.39 is 0 Å². The van der Waals surface area contributed by atoms with E-state index in [-0.39, 0.29) is 0 Å². The minimum atomic E-state index is 0.741. The fraction of sp³-hybridized carbons (Fsp3) is 0.429. The zero-order valence-corrected chi connectivity index (χ0v) is 9.50. The monoisotopic (exact) mass is 214 g/mol. The molecule has 1 aromatic carbocycles. The Hall–Kier alpha value is -1.28. The minimum Gasteiger partial charge on any atom is -0.361 e. The van der Waals surface area contributed by atoms with Crippen LogP contribution in [0.15, 0.2) is 30.5 Å². The van der Waals surface area contributed by atoms with Gasteiger partial charge in [0.05, 0.1) is 0 Å². The molecule has 1 fully saturated rings. The minimum absolute atomic E-state index is 0.741. The lowest BCUT2D eigenvalue weighted by molar-refractivity contribution is 0.525. The van der Waals surface area contributed by atoms with Crippen molar-refractivity contribution in [3.05, 3.63) is 36.0 Å². The van der Waals surface area contributed by atoms with Crippen LogP contribution < -0.4 is 5.32 Å². The van der Waals surface area contributed by atoms with Gasteiger partial charge in [-0.1, -0.05) is 31.0 Å². The highest BCUT2D eigenvalue weighted by Gasteiger charge is 2.14. The molecule has 3 rings (SSSR count). The summed E-state index contributed by atoms with van der Waals surface area (Å²) in [6, 6.07) is 9.38. The summed E-state index contributed by atoms with van der Waals surface area (Å²) in [6.45, 7) is 0.989. The van der Waals surface area contributed by atoms with E-state index in [1.54, 1.807) is 0 Å². The van der Waals surface area contributed by atoms with Gasteiger partial charge in [0.25, 0.3) is 0 Å². The van der Waals surface area contributed by atoms with Crippen LogP contribution in [-0.4, -0.2) is 11.0 Å². The zero-order valence-electron chi connectivity index (χ0n) is 9.50. The van der Waals surface area contributed by atoms with Crippen LogP contribution in [0, 0.1) is 0 Å². The number of aromatic nitrogens is 1. The molecule has 2 aromatic rings. The normalized spacial score (nSPS) is 17.2. The Morgan fingerprint density at radius 3 is 2.94 bits per heavy atom. The average Bonchev–Trinajstić information content (AvgIpc) is 2.97. The van der Waals surface area contributed by atoms with E-state index in [9.17, 15) is 0 Å². The lowest BCUT2D eigenvalue weighted by Gasteiger charge is -2.12. The molecule has 16 heavy (non-hydrogen) atoms. The van der Waals surface area contributed by atoms with Crippen molar-refractivity contribution in [1.82, 2.24) is 10.3 Å². The smallest absolute Gasteiger partial charge is 0.0499 e. The highest BCUT2D eigenvalue weighted by atomic mass is 14.9. The van der Waals surface area contributed by atoms with Gasteiger partial charge in [0.1, 0.15) is 0 Å². The molecule has 1 aliphatic carbocycles. The Bertz CT molecular complexity index is 466. The van der Waals surface area contributed by atoms with E-state index in [2.05, 4.69) is 34.6 Å². The number of rotatable bonds is 3. The fourth-order valence-electron chi connectivity index (χ4n) is 2.68. The van der Waals surface area contributed by atoms with Gasteiger partial charge in [-0.3, -0.25) is 0 Å². The zero-order chi connectivity index (χ0) is 10.8. The molecule has 0 saturated heterocycles. The van der Waals surface area contributed by atoms with Crippen molar-refractivity contribution in [3.63, 3.8) is 0 Å². The standard InChI is InChI=1S/C14H18N2/c1-2-7-13(6-1)16-10-12-5-3-4-11-8-9-15-14(11)12/h3-5,8-9,13,15-16H,1-2,6-7,10H2. The van der Waals surface area contributed by atoms with Gasteiger partial charge in [-0.2, -0.15) is 0 Å². The second-order valence-corrected chi connectivity index (χ2v) is 4.72. The van der Waals surface area contributed by atoms with Crippen LogP contribution in [0.4, 0.5) is 0 Å². The maximum absolute atomic E-state index is 3.66. The van der Waals surface area contributed by atoms with Crippen molar-refractivity contribution in [2.24, 2.45) is 0 Å². The maximum Gasteiger partial charge on any atom is 0.0499 e. The Labute approximate surface area is 96.1 Å².